The number of benzene rings is 2. The normalized spacial score (nSPS) is 13.4. The summed E-state index contributed by atoms with van der Waals surface area (Å²) in [4.78, 5) is 17.5. The number of methoxy groups -OCH3 is 2. The van der Waals surface area contributed by atoms with Crippen molar-refractivity contribution >= 4 is 11.8 Å². The minimum Gasteiger partial charge on any atom is -0.497 e. The molecule has 168 valence electrons. The summed E-state index contributed by atoms with van der Waals surface area (Å²) in [6, 6.07) is 17.2. The van der Waals surface area contributed by atoms with Gasteiger partial charge < -0.3 is 23.8 Å². The average molecular weight is 436 g/mol. The van der Waals surface area contributed by atoms with E-state index in [9.17, 15) is 4.79 Å². The van der Waals surface area contributed by atoms with Crippen LogP contribution in [0.3, 0.4) is 0 Å². The summed E-state index contributed by atoms with van der Waals surface area (Å²) >= 11 is 0. The summed E-state index contributed by atoms with van der Waals surface area (Å²) < 4.78 is 16.5. The first-order valence-corrected chi connectivity index (χ1v) is 10.9. The molecule has 1 amide bonds. The highest BCUT2D eigenvalue weighted by molar-refractivity contribution is 5.94. The number of carbonyl (C=O) groups is 1. The van der Waals surface area contributed by atoms with Gasteiger partial charge in [-0.15, -0.1) is 0 Å². The van der Waals surface area contributed by atoms with Crippen molar-refractivity contribution in [1.29, 1.82) is 0 Å². The lowest BCUT2D eigenvalue weighted by Crippen LogP contribution is -2.34. The zero-order chi connectivity index (χ0) is 22.3. The first-order valence-electron chi connectivity index (χ1n) is 10.9. The van der Waals surface area contributed by atoms with Gasteiger partial charge in [-0.05, 0) is 31.0 Å². The quantitative estimate of drug-likeness (QED) is 0.501. The molecule has 0 unspecified atom stereocenters. The van der Waals surface area contributed by atoms with E-state index in [-0.39, 0.29) is 5.91 Å². The molecule has 1 fully saturated rings. The van der Waals surface area contributed by atoms with Crippen LogP contribution in [-0.4, -0.2) is 56.4 Å². The Kier molecular flexibility index (Phi) is 7.07. The number of aromatic nitrogens is 1. The molecule has 0 atom stereocenters. The molecular formula is C25H29N3O4. The number of anilines is 1. The number of nitrogens with zero attached hydrogens (tertiary/aromatic N) is 3. The van der Waals surface area contributed by atoms with Crippen molar-refractivity contribution in [2.24, 2.45) is 0 Å². The van der Waals surface area contributed by atoms with Crippen LogP contribution in [0.4, 0.5) is 5.88 Å². The van der Waals surface area contributed by atoms with E-state index in [2.05, 4.69) is 10.1 Å². The number of hydrogen-bond acceptors (Lipinski definition) is 6. The highest BCUT2D eigenvalue weighted by Crippen LogP contribution is 2.34. The summed E-state index contributed by atoms with van der Waals surface area (Å²) in [6.07, 6.45) is 2.24. The van der Waals surface area contributed by atoms with Gasteiger partial charge in [-0.25, -0.2) is 0 Å². The molecule has 2 heterocycles. The van der Waals surface area contributed by atoms with Gasteiger partial charge in [-0.1, -0.05) is 41.6 Å². The van der Waals surface area contributed by atoms with E-state index in [0.29, 0.717) is 31.0 Å². The van der Waals surface area contributed by atoms with E-state index >= 15 is 0 Å². The number of amides is 1. The molecule has 7 nitrogen and oxygen atoms in total. The van der Waals surface area contributed by atoms with Crippen molar-refractivity contribution in [1.82, 2.24) is 10.1 Å². The molecule has 1 aromatic heterocycles. The molecule has 0 radical (unpaired) electrons. The Morgan fingerprint density at radius 3 is 2.59 bits per heavy atom. The molecule has 3 aromatic rings. The Morgan fingerprint density at radius 1 is 1.09 bits per heavy atom. The predicted octanol–water partition coefficient (Wildman–Crippen LogP) is 4.24. The summed E-state index contributed by atoms with van der Waals surface area (Å²) in [5.74, 6) is 1.31. The Hall–Kier alpha value is -3.32. The first-order chi connectivity index (χ1) is 15.7. The van der Waals surface area contributed by atoms with Crippen LogP contribution in [0, 0.1) is 0 Å². The molecule has 2 aromatic carbocycles. The second-order valence-electron chi connectivity index (χ2n) is 7.83. The minimum absolute atomic E-state index is 0.0893. The second kappa shape index (κ2) is 10.3. The van der Waals surface area contributed by atoms with Crippen LogP contribution < -0.4 is 9.64 Å². The molecular weight excluding hydrogens is 406 g/mol. The third-order valence-corrected chi connectivity index (χ3v) is 5.73. The van der Waals surface area contributed by atoms with Gasteiger partial charge in [-0.3, -0.25) is 4.79 Å². The molecule has 1 saturated heterocycles. The monoisotopic (exact) mass is 435 g/mol. The Morgan fingerprint density at radius 2 is 1.88 bits per heavy atom. The van der Waals surface area contributed by atoms with Gasteiger partial charge in [0, 0.05) is 37.9 Å². The molecule has 0 bridgehead atoms. The topological polar surface area (TPSA) is 68.0 Å². The smallest absolute Gasteiger partial charge is 0.254 e. The summed E-state index contributed by atoms with van der Waals surface area (Å²) in [5.41, 5.74) is 3.23. The number of carbonyl (C=O) groups excluding carboxylic acids is 1. The van der Waals surface area contributed by atoms with E-state index < -0.39 is 0 Å². The van der Waals surface area contributed by atoms with Gasteiger partial charge in [0.25, 0.3) is 5.91 Å². The third kappa shape index (κ3) is 4.78. The molecule has 0 aliphatic carbocycles. The Labute approximate surface area is 188 Å². The Bertz CT molecular complexity index is 1030. The zero-order valence-electron chi connectivity index (χ0n) is 18.6. The summed E-state index contributed by atoms with van der Waals surface area (Å²) in [5, 5.41) is 4.42. The first kappa shape index (κ1) is 21.9. The van der Waals surface area contributed by atoms with Gasteiger partial charge in [0.15, 0.2) is 0 Å². The van der Waals surface area contributed by atoms with Gasteiger partial charge in [-0.2, -0.15) is 0 Å². The molecule has 32 heavy (non-hydrogen) atoms. The maximum atomic E-state index is 13.5. The molecule has 1 aliphatic rings. The molecule has 0 spiro atoms. The van der Waals surface area contributed by atoms with Crippen LogP contribution in [0.2, 0.25) is 0 Å². The largest absolute Gasteiger partial charge is 0.497 e. The lowest BCUT2D eigenvalue weighted by atomic mass is 10.1. The zero-order valence-corrected chi connectivity index (χ0v) is 18.6. The molecule has 1 aliphatic heterocycles. The number of hydrogen-bond donors (Lipinski definition) is 0. The van der Waals surface area contributed by atoms with Crippen molar-refractivity contribution in [3.63, 3.8) is 0 Å². The maximum Gasteiger partial charge on any atom is 0.254 e. The lowest BCUT2D eigenvalue weighted by molar-refractivity contribution is 0.0680. The van der Waals surface area contributed by atoms with Crippen molar-refractivity contribution in [2.45, 2.75) is 19.4 Å². The Balaban J connectivity index is 1.70. The minimum atomic E-state index is -0.0893. The molecule has 0 saturated carbocycles. The summed E-state index contributed by atoms with van der Waals surface area (Å²) in [7, 11) is 3.23. The standard InChI is InChI=1S/C25H29N3O4/c1-30-16-15-28(24(29)20-11-8-12-21(17-20)31-2)18-22-23(19-9-4-3-5-10-19)26-32-25(22)27-13-6-7-14-27/h3-5,8-12,17H,6-7,13-16,18H2,1-2H3. The summed E-state index contributed by atoms with van der Waals surface area (Å²) in [6.45, 7) is 3.11. The fourth-order valence-corrected chi connectivity index (χ4v) is 4.02. The van der Waals surface area contributed by atoms with E-state index in [0.717, 1.165) is 48.6 Å². The average Bonchev–Trinajstić information content (AvgIpc) is 3.52. The van der Waals surface area contributed by atoms with Gasteiger partial charge >= 0.3 is 0 Å². The van der Waals surface area contributed by atoms with Crippen LogP contribution in [0.5, 0.6) is 5.75 Å². The van der Waals surface area contributed by atoms with Crippen LogP contribution in [0.25, 0.3) is 11.3 Å². The molecule has 0 N–H and O–H groups in total. The van der Waals surface area contributed by atoms with Gasteiger partial charge in [0.05, 0.1) is 25.8 Å². The van der Waals surface area contributed by atoms with Crippen molar-refractivity contribution < 1.29 is 18.8 Å². The number of rotatable bonds is 9. The SMILES string of the molecule is COCCN(Cc1c(-c2ccccc2)noc1N1CCCC1)C(=O)c1cccc(OC)c1. The van der Waals surface area contributed by atoms with Gasteiger partial charge in [0.2, 0.25) is 5.88 Å². The highest BCUT2D eigenvalue weighted by atomic mass is 16.5. The van der Waals surface area contributed by atoms with Crippen molar-refractivity contribution in [3.8, 4) is 17.0 Å². The predicted molar refractivity (Wildman–Crippen MR) is 123 cm³/mol. The van der Waals surface area contributed by atoms with E-state index in [1.807, 2.05) is 42.5 Å². The highest BCUT2D eigenvalue weighted by Gasteiger charge is 2.28. The van der Waals surface area contributed by atoms with Gasteiger partial charge in [0.1, 0.15) is 11.4 Å². The third-order valence-electron chi connectivity index (χ3n) is 5.73. The van der Waals surface area contributed by atoms with Crippen molar-refractivity contribution in [2.75, 3.05) is 45.4 Å². The fraction of sp³-hybridized carbons (Fsp3) is 0.360. The molecule has 7 heteroatoms. The second-order valence-corrected chi connectivity index (χ2v) is 7.83. The molecule has 4 rings (SSSR count). The fourth-order valence-electron chi connectivity index (χ4n) is 4.02. The lowest BCUT2D eigenvalue weighted by Gasteiger charge is -2.24. The van der Waals surface area contributed by atoms with E-state index in [1.165, 1.54) is 0 Å². The van der Waals surface area contributed by atoms with Crippen LogP contribution in [0.15, 0.2) is 59.1 Å². The maximum absolute atomic E-state index is 13.5. The van der Waals surface area contributed by atoms with Crippen LogP contribution in [-0.2, 0) is 11.3 Å². The van der Waals surface area contributed by atoms with E-state index in [4.69, 9.17) is 14.0 Å². The number of ether oxygens (including phenoxy) is 2. The van der Waals surface area contributed by atoms with Crippen LogP contribution in [0.1, 0.15) is 28.8 Å². The van der Waals surface area contributed by atoms with Crippen molar-refractivity contribution in [3.05, 3.63) is 65.7 Å². The van der Waals surface area contributed by atoms with E-state index in [1.54, 1.807) is 31.3 Å². The van der Waals surface area contributed by atoms with Crippen LogP contribution >= 0.6 is 0 Å².